The summed E-state index contributed by atoms with van der Waals surface area (Å²) < 4.78 is 40.9. The number of rotatable bonds is 9. The zero-order chi connectivity index (χ0) is 23.8. The van der Waals surface area contributed by atoms with Crippen LogP contribution in [0.25, 0.3) is 0 Å². The number of hydrogen-bond acceptors (Lipinski definition) is 7. The molecule has 0 spiro atoms. The summed E-state index contributed by atoms with van der Waals surface area (Å²) in [5, 5.41) is 3.94. The average molecular weight is 469 g/mol. The maximum absolute atomic E-state index is 12.5. The third kappa shape index (κ3) is 6.33. The van der Waals surface area contributed by atoms with Gasteiger partial charge in [-0.3, -0.25) is 4.79 Å². The van der Waals surface area contributed by atoms with Gasteiger partial charge in [0.05, 0.1) is 19.9 Å². The minimum Gasteiger partial charge on any atom is -0.493 e. The number of nitrogens with one attached hydrogen (secondary N) is 1. The zero-order valence-corrected chi connectivity index (χ0v) is 19.3. The van der Waals surface area contributed by atoms with Crippen molar-refractivity contribution < 1.29 is 26.9 Å². The molecule has 172 valence electrons. The Hall–Kier alpha value is -3.85. The molecule has 0 radical (unpaired) electrons. The number of amides is 1. The molecule has 0 unspecified atom stereocenters. The smallest absolute Gasteiger partial charge is 0.339 e. The van der Waals surface area contributed by atoms with E-state index in [1.54, 1.807) is 42.5 Å². The van der Waals surface area contributed by atoms with Gasteiger partial charge in [-0.15, -0.1) is 0 Å². The summed E-state index contributed by atoms with van der Waals surface area (Å²) >= 11 is 0. The summed E-state index contributed by atoms with van der Waals surface area (Å²) in [4.78, 5) is 12.5. The SMILES string of the molecule is CCOc1cc(C(=O)N/N=C/c2cccc(OS(=O)(=O)c3ccc(C)cc3)c2)ccc1OC. The molecule has 0 aliphatic carbocycles. The molecule has 0 atom stereocenters. The van der Waals surface area contributed by atoms with E-state index in [4.69, 9.17) is 13.7 Å². The van der Waals surface area contributed by atoms with Gasteiger partial charge < -0.3 is 13.7 Å². The molecule has 0 saturated heterocycles. The molecule has 0 heterocycles. The molecule has 3 aromatic rings. The Labute approximate surface area is 192 Å². The van der Waals surface area contributed by atoms with Crippen LogP contribution in [-0.2, 0) is 10.1 Å². The van der Waals surface area contributed by atoms with Crippen LogP contribution in [0, 0.1) is 6.92 Å². The van der Waals surface area contributed by atoms with Crippen LogP contribution in [0.4, 0.5) is 0 Å². The highest BCUT2D eigenvalue weighted by atomic mass is 32.2. The molecular formula is C24H24N2O6S. The number of nitrogens with zero attached hydrogens (tertiary/aromatic N) is 1. The van der Waals surface area contributed by atoms with Crippen LogP contribution in [0.1, 0.15) is 28.4 Å². The highest BCUT2D eigenvalue weighted by molar-refractivity contribution is 7.87. The van der Waals surface area contributed by atoms with Gasteiger partial charge >= 0.3 is 10.1 Å². The summed E-state index contributed by atoms with van der Waals surface area (Å²) in [6, 6.07) is 17.5. The van der Waals surface area contributed by atoms with Gasteiger partial charge in [-0.05, 0) is 61.9 Å². The van der Waals surface area contributed by atoms with Gasteiger partial charge in [-0.2, -0.15) is 13.5 Å². The molecule has 1 N–H and O–H groups in total. The van der Waals surface area contributed by atoms with Crippen molar-refractivity contribution in [2.75, 3.05) is 13.7 Å². The Morgan fingerprint density at radius 1 is 1.03 bits per heavy atom. The predicted octanol–water partition coefficient (Wildman–Crippen LogP) is 3.93. The van der Waals surface area contributed by atoms with E-state index in [1.807, 2.05) is 13.8 Å². The molecule has 0 aliphatic rings. The second-order valence-electron chi connectivity index (χ2n) is 6.92. The van der Waals surface area contributed by atoms with Crippen LogP contribution >= 0.6 is 0 Å². The van der Waals surface area contributed by atoms with Crippen molar-refractivity contribution in [2.45, 2.75) is 18.7 Å². The van der Waals surface area contributed by atoms with E-state index in [-0.39, 0.29) is 10.6 Å². The largest absolute Gasteiger partial charge is 0.493 e. The number of hydrazone groups is 1. The quantitative estimate of drug-likeness (QED) is 0.290. The van der Waals surface area contributed by atoms with Crippen LogP contribution < -0.4 is 19.1 Å². The third-order valence-corrected chi connectivity index (χ3v) is 5.74. The van der Waals surface area contributed by atoms with Crippen LogP contribution in [0.2, 0.25) is 0 Å². The monoisotopic (exact) mass is 468 g/mol. The van der Waals surface area contributed by atoms with E-state index in [1.165, 1.54) is 37.6 Å². The number of carbonyl (C=O) groups excluding carboxylic acids is 1. The lowest BCUT2D eigenvalue weighted by Gasteiger charge is -2.10. The molecule has 3 aromatic carbocycles. The first kappa shape index (κ1) is 23.8. The van der Waals surface area contributed by atoms with Crippen LogP contribution in [0.3, 0.4) is 0 Å². The third-order valence-electron chi connectivity index (χ3n) is 4.48. The van der Waals surface area contributed by atoms with Crippen molar-refractivity contribution in [3.63, 3.8) is 0 Å². The maximum atomic E-state index is 12.5. The van der Waals surface area contributed by atoms with Gasteiger partial charge in [0.1, 0.15) is 10.6 Å². The standard InChI is InChI=1S/C24H24N2O6S/c1-4-31-23-15-19(10-13-22(23)30-3)24(27)26-25-16-18-6-5-7-20(14-18)32-33(28,29)21-11-8-17(2)9-12-21/h5-16H,4H2,1-3H3,(H,26,27)/b25-16+. The first-order chi connectivity index (χ1) is 15.8. The lowest BCUT2D eigenvalue weighted by atomic mass is 10.2. The molecule has 9 heteroatoms. The Morgan fingerprint density at radius 2 is 1.79 bits per heavy atom. The fourth-order valence-electron chi connectivity index (χ4n) is 2.84. The molecular weight excluding hydrogens is 444 g/mol. The van der Waals surface area contributed by atoms with E-state index < -0.39 is 16.0 Å². The first-order valence-corrected chi connectivity index (χ1v) is 11.5. The Balaban J connectivity index is 1.68. The number of benzene rings is 3. The summed E-state index contributed by atoms with van der Waals surface area (Å²) in [5.74, 6) is 0.664. The van der Waals surface area contributed by atoms with Crippen molar-refractivity contribution in [1.29, 1.82) is 0 Å². The Kier molecular flexibility index (Phi) is 7.68. The van der Waals surface area contributed by atoms with Crippen molar-refractivity contribution in [2.24, 2.45) is 5.10 Å². The molecule has 0 aromatic heterocycles. The normalized spacial score (nSPS) is 11.2. The minimum absolute atomic E-state index is 0.0605. The molecule has 0 bridgehead atoms. The van der Waals surface area contributed by atoms with Gasteiger partial charge in [-0.1, -0.05) is 29.8 Å². The van der Waals surface area contributed by atoms with Crippen LogP contribution in [-0.4, -0.2) is 34.3 Å². The number of carbonyl (C=O) groups is 1. The molecule has 3 rings (SSSR count). The van der Waals surface area contributed by atoms with Crippen molar-refractivity contribution in [3.8, 4) is 17.2 Å². The fraction of sp³-hybridized carbons (Fsp3) is 0.167. The predicted molar refractivity (Wildman–Crippen MR) is 125 cm³/mol. The summed E-state index contributed by atoms with van der Waals surface area (Å²) in [6.07, 6.45) is 1.39. The van der Waals surface area contributed by atoms with Gasteiger partial charge in [0, 0.05) is 5.56 Å². The molecule has 1 amide bonds. The van der Waals surface area contributed by atoms with Gasteiger partial charge in [-0.25, -0.2) is 5.43 Å². The van der Waals surface area contributed by atoms with E-state index in [0.717, 1.165) is 5.56 Å². The van der Waals surface area contributed by atoms with Gasteiger partial charge in [0.25, 0.3) is 5.91 Å². The van der Waals surface area contributed by atoms with Crippen molar-refractivity contribution in [3.05, 3.63) is 83.4 Å². The van der Waals surface area contributed by atoms with Gasteiger partial charge in [0.15, 0.2) is 11.5 Å². The lowest BCUT2D eigenvalue weighted by Crippen LogP contribution is -2.17. The lowest BCUT2D eigenvalue weighted by molar-refractivity contribution is 0.0954. The number of methoxy groups -OCH3 is 1. The fourth-order valence-corrected chi connectivity index (χ4v) is 3.77. The molecule has 8 nitrogen and oxygen atoms in total. The summed E-state index contributed by atoms with van der Waals surface area (Å²) in [7, 11) is -2.45. The molecule has 0 saturated carbocycles. The highest BCUT2D eigenvalue weighted by Crippen LogP contribution is 2.28. The maximum Gasteiger partial charge on any atom is 0.339 e. The first-order valence-electron chi connectivity index (χ1n) is 10.1. The molecule has 33 heavy (non-hydrogen) atoms. The van der Waals surface area contributed by atoms with Crippen molar-refractivity contribution in [1.82, 2.24) is 5.43 Å². The summed E-state index contributed by atoms with van der Waals surface area (Å²) in [6.45, 7) is 4.13. The number of aryl methyl sites for hydroxylation is 1. The minimum atomic E-state index is -3.97. The van der Waals surface area contributed by atoms with E-state index >= 15 is 0 Å². The Morgan fingerprint density at radius 3 is 2.48 bits per heavy atom. The second-order valence-corrected chi connectivity index (χ2v) is 8.47. The van der Waals surface area contributed by atoms with E-state index in [0.29, 0.717) is 29.2 Å². The topological polar surface area (TPSA) is 103 Å². The van der Waals surface area contributed by atoms with Crippen molar-refractivity contribution >= 4 is 22.2 Å². The Bertz CT molecular complexity index is 1250. The van der Waals surface area contributed by atoms with Crippen LogP contribution in [0.5, 0.6) is 17.2 Å². The molecule has 0 aliphatic heterocycles. The highest BCUT2D eigenvalue weighted by Gasteiger charge is 2.16. The zero-order valence-electron chi connectivity index (χ0n) is 18.4. The van der Waals surface area contributed by atoms with Gasteiger partial charge in [0.2, 0.25) is 0 Å². The number of ether oxygens (including phenoxy) is 2. The molecule has 0 fully saturated rings. The second kappa shape index (κ2) is 10.6. The number of hydrogen-bond donors (Lipinski definition) is 1. The van der Waals surface area contributed by atoms with E-state index in [2.05, 4.69) is 10.5 Å². The van der Waals surface area contributed by atoms with Crippen LogP contribution in [0.15, 0.2) is 76.7 Å². The summed E-state index contributed by atoms with van der Waals surface area (Å²) in [5.41, 5.74) is 4.25. The van der Waals surface area contributed by atoms with E-state index in [9.17, 15) is 13.2 Å². The average Bonchev–Trinajstić information content (AvgIpc) is 2.79.